The van der Waals surface area contributed by atoms with Gasteiger partial charge in [-0.05, 0) is 29.8 Å². The molecule has 6 atom stereocenters. The molecule has 4 rings (SSSR count). The molecule has 2 unspecified atom stereocenters. The lowest BCUT2D eigenvalue weighted by molar-refractivity contribution is -0.238. The van der Waals surface area contributed by atoms with Crippen molar-refractivity contribution in [2.24, 2.45) is 0 Å². The maximum Gasteiger partial charge on any atom is 0.335 e. The van der Waals surface area contributed by atoms with Crippen LogP contribution in [0.15, 0.2) is 42.6 Å². The predicted octanol–water partition coefficient (Wildman–Crippen LogP) is 1.71. The van der Waals surface area contributed by atoms with Crippen LogP contribution in [0, 0.1) is 17.5 Å². The summed E-state index contributed by atoms with van der Waals surface area (Å²) in [7, 11) is 0. The molecule has 2 heterocycles. The number of carboxylic acids is 1. The van der Waals surface area contributed by atoms with E-state index in [1.54, 1.807) is 24.3 Å². The number of hydrogen-bond donors (Lipinski definition) is 4. The highest BCUT2D eigenvalue weighted by molar-refractivity contribution is 6.30. The number of hydrogen-bond acceptors (Lipinski definition) is 8. The first-order chi connectivity index (χ1) is 17.6. The first-order valence-corrected chi connectivity index (χ1v) is 11.3. The van der Waals surface area contributed by atoms with E-state index in [4.69, 9.17) is 21.1 Å². The van der Waals surface area contributed by atoms with Crippen molar-refractivity contribution in [2.75, 3.05) is 6.61 Å². The summed E-state index contributed by atoms with van der Waals surface area (Å²) in [6.45, 7) is -0.937. The van der Waals surface area contributed by atoms with Crippen LogP contribution < -0.4 is 0 Å². The van der Waals surface area contributed by atoms with Crippen molar-refractivity contribution in [3.8, 4) is 11.3 Å². The summed E-state index contributed by atoms with van der Waals surface area (Å²) in [5.74, 6) is -6.07. The normalized spacial score (nSPS) is 24.7. The van der Waals surface area contributed by atoms with Gasteiger partial charge in [0.15, 0.2) is 23.6 Å². The molecule has 1 saturated heterocycles. The Morgan fingerprint density at radius 2 is 1.78 bits per heavy atom. The third-order valence-corrected chi connectivity index (χ3v) is 6.16. The van der Waals surface area contributed by atoms with Gasteiger partial charge >= 0.3 is 5.97 Å². The van der Waals surface area contributed by atoms with E-state index in [1.165, 1.54) is 0 Å². The number of aliphatic hydroxyl groups excluding tert-OH is 3. The molecular weight excluding hydrogens is 523 g/mol. The molecule has 1 aliphatic heterocycles. The molecule has 1 fully saturated rings. The Morgan fingerprint density at radius 1 is 1.14 bits per heavy atom. The van der Waals surface area contributed by atoms with E-state index in [0.717, 1.165) is 10.9 Å². The average molecular weight is 544 g/mol. The lowest BCUT2D eigenvalue weighted by Gasteiger charge is -2.43. The van der Waals surface area contributed by atoms with Crippen LogP contribution in [0.1, 0.15) is 11.6 Å². The van der Waals surface area contributed by atoms with Gasteiger partial charge in [0.25, 0.3) is 0 Å². The number of ether oxygens (including phenoxy) is 2. The van der Waals surface area contributed by atoms with E-state index >= 15 is 0 Å². The third kappa shape index (κ3) is 5.61. The summed E-state index contributed by atoms with van der Waals surface area (Å²) in [5.41, 5.74) is 0.272. The van der Waals surface area contributed by atoms with E-state index < -0.39 is 66.6 Å². The minimum absolute atomic E-state index is 0.130. The van der Waals surface area contributed by atoms with Crippen LogP contribution in [0.5, 0.6) is 0 Å². The Morgan fingerprint density at radius 3 is 2.38 bits per heavy atom. The predicted molar refractivity (Wildman–Crippen MR) is 120 cm³/mol. The largest absolute Gasteiger partial charge is 0.479 e. The van der Waals surface area contributed by atoms with Crippen LogP contribution in [0.3, 0.4) is 0 Å². The minimum atomic E-state index is -1.75. The quantitative estimate of drug-likeness (QED) is 0.312. The number of carboxylic acid groups (broad SMARTS) is 1. The summed E-state index contributed by atoms with van der Waals surface area (Å²) in [6.07, 6.45) is -6.90. The zero-order valence-corrected chi connectivity index (χ0v) is 19.5. The molecule has 4 N–H and O–H groups in total. The van der Waals surface area contributed by atoms with Crippen molar-refractivity contribution >= 4 is 17.6 Å². The van der Waals surface area contributed by atoms with Crippen LogP contribution >= 0.6 is 11.6 Å². The van der Waals surface area contributed by atoms with Crippen LogP contribution in [0.4, 0.5) is 13.2 Å². The molecule has 10 nitrogen and oxygen atoms in total. The molecule has 3 aromatic rings. The van der Waals surface area contributed by atoms with Crippen molar-refractivity contribution in [3.63, 3.8) is 0 Å². The first-order valence-electron chi connectivity index (χ1n) is 10.9. The Kier molecular flexibility index (Phi) is 8.11. The topological polar surface area (TPSA) is 147 Å². The minimum Gasteiger partial charge on any atom is -0.479 e. The number of nitrogens with zero attached hydrogens (tertiary/aromatic N) is 3. The molecule has 0 aliphatic carbocycles. The maximum absolute atomic E-state index is 13.7. The van der Waals surface area contributed by atoms with E-state index in [-0.39, 0.29) is 17.9 Å². The standard InChI is InChI=1S/C23H21ClF3N3O7/c24-12-3-1-10(2-4-12)9-36-22(23(34)35)21-20(33)18(19(32)16(8-31)37-21)30-7-15(28-29-30)11-5-13(25)17(27)14(26)6-11/h1-7,16,18-22,31-33H,8-9H2,(H,34,35)/t16?,18-,19-,20?,21+,22-/m0/s1. The van der Waals surface area contributed by atoms with E-state index in [2.05, 4.69) is 10.3 Å². The van der Waals surface area contributed by atoms with Crippen molar-refractivity contribution in [1.82, 2.24) is 15.0 Å². The molecule has 0 amide bonds. The summed E-state index contributed by atoms with van der Waals surface area (Å²) in [6, 6.07) is 6.35. The van der Waals surface area contributed by atoms with Gasteiger partial charge < -0.3 is 29.9 Å². The Hall–Kier alpha value is -3.07. The molecule has 1 aliphatic rings. The highest BCUT2D eigenvalue weighted by Gasteiger charge is 2.50. The summed E-state index contributed by atoms with van der Waals surface area (Å²) < 4.78 is 52.6. The lowest BCUT2D eigenvalue weighted by Crippen LogP contribution is -2.60. The number of halogens is 4. The molecule has 14 heteroatoms. The SMILES string of the molecule is O=C(O)[C@@H](OCc1ccc(Cl)cc1)[C@@H]1OC(CO)[C@H](O)[C@H](n2cc(-c3cc(F)c(F)c(F)c3)nn2)C1O. The number of aliphatic hydroxyl groups is 3. The number of rotatable bonds is 8. The number of aromatic nitrogens is 3. The highest BCUT2D eigenvalue weighted by Crippen LogP contribution is 2.33. The van der Waals surface area contributed by atoms with Gasteiger partial charge in [-0.1, -0.05) is 28.9 Å². The molecule has 1 aromatic heterocycles. The van der Waals surface area contributed by atoms with Crippen molar-refractivity contribution in [2.45, 2.75) is 43.2 Å². The molecule has 198 valence electrons. The van der Waals surface area contributed by atoms with Gasteiger partial charge in [-0.15, -0.1) is 5.10 Å². The van der Waals surface area contributed by atoms with Crippen molar-refractivity contribution in [1.29, 1.82) is 0 Å². The summed E-state index contributed by atoms with van der Waals surface area (Å²) in [4.78, 5) is 12.0. The van der Waals surface area contributed by atoms with Gasteiger partial charge in [-0.3, -0.25) is 0 Å². The van der Waals surface area contributed by atoms with Gasteiger partial charge in [0, 0.05) is 10.6 Å². The van der Waals surface area contributed by atoms with E-state index in [0.29, 0.717) is 22.7 Å². The highest BCUT2D eigenvalue weighted by atomic mass is 35.5. The Labute approximate surface area is 212 Å². The summed E-state index contributed by atoms with van der Waals surface area (Å²) >= 11 is 5.85. The van der Waals surface area contributed by atoms with Crippen molar-refractivity contribution < 1.29 is 47.9 Å². The zero-order valence-electron chi connectivity index (χ0n) is 18.8. The summed E-state index contributed by atoms with van der Waals surface area (Å²) in [5, 5.41) is 49.3. The first kappa shape index (κ1) is 27.0. The van der Waals surface area contributed by atoms with Gasteiger partial charge in [-0.25, -0.2) is 22.6 Å². The molecule has 37 heavy (non-hydrogen) atoms. The maximum atomic E-state index is 13.7. The number of carbonyl (C=O) groups is 1. The molecular formula is C23H21ClF3N3O7. The fourth-order valence-electron chi connectivity index (χ4n) is 4.02. The van der Waals surface area contributed by atoms with Crippen LogP contribution in [-0.4, -0.2) is 78.5 Å². The molecule has 0 spiro atoms. The molecule has 0 saturated carbocycles. The molecule has 0 bridgehead atoms. The second kappa shape index (κ2) is 11.1. The van der Waals surface area contributed by atoms with Crippen molar-refractivity contribution in [3.05, 3.63) is 70.6 Å². The Bertz CT molecular complexity index is 1240. The van der Waals surface area contributed by atoms with Crippen LogP contribution in [0.25, 0.3) is 11.3 Å². The Balaban J connectivity index is 1.61. The van der Waals surface area contributed by atoms with E-state index in [9.17, 15) is 38.4 Å². The van der Waals surface area contributed by atoms with E-state index in [1.807, 2.05) is 0 Å². The van der Waals surface area contributed by atoms with Gasteiger partial charge in [0.2, 0.25) is 0 Å². The van der Waals surface area contributed by atoms with Gasteiger partial charge in [-0.2, -0.15) is 0 Å². The van der Waals surface area contributed by atoms with Crippen LogP contribution in [-0.2, 0) is 20.9 Å². The average Bonchev–Trinajstić information content (AvgIpc) is 3.34. The number of aliphatic carboxylic acids is 1. The second-order valence-electron chi connectivity index (χ2n) is 8.33. The molecule has 2 aromatic carbocycles. The van der Waals surface area contributed by atoms with Crippen LogP contribution in [0.2, 0.25) is 5.02 Å². The monoisotopic (exact) mass is 543 g/mol. The number of benzene rings is 2. The molecule has 0 radical (unpaired) electrons. The smallest absolute Gasteiger partial charge is 0.335 e. The fraction of sp³-hybridized carbons (Fsp3) is 0.348. The second-order valence-corrected chi connectivity index (χ2v) is 8.76. The lowest BCUT2D eigenvalue weighted by atomic mass is 9.90. The van der Waals surface area contributed by atoms with Gasteiger partial charge in [0.05, 0.1) is 19.4 Å². The van der Waals surface area contributed by atoms with Gasteiger partial charge in [0.1, 0.15) is 36.2 Å². The zero-order chi connectivity index (χ0) is 26.9. The fourth-order valence-corrected chi connectivity index (χ4v) is 4.15. The third-order valence-electron chi connectivity index (χ3n) is 5.91.